The van der Waals surface area contributed by atoms with Crippen LogP contribution < -0.4 is 0 Å². The third-order valence-corrected chi connectivity index (χ3v) is 3.67. The first kappa shape index (κ1) is 12.4. The van der Waals surface area contributed by atoms with Crippen LogP contribution in [0.3, 0.4) is 0 Å². The fourth-order valence-corrected chi connectivity index (χ4v) is 2.18. The SMILES string of the molecule is N#CC(Sc1ccccc1Br)C(F)(F)F. The highest BCUT2D eigenvalue weighted by atomic mass is 79.9. The van der Waals surface area contributed by atoms with Crippen LogP contribution in [0.1, 0.15) is 0 Å². The Balaban J connectivity index is 2.87. The molecule has 1 aromatic carbocycles. The Morgan fingerprint density at radius 3 is 2.40 bits per heavy atom. The minimum Gasteiger partial charge on any atom is -0.197 e. The highest BCUT2D eigenvalue weighted by Crippen LogP contribution is 2.37. The van der Waals surface area contributed by atoms with E-state index in [9.17, 15) is 13.2 Å². The van der Waals surface area contributed by atoms with Crippen LogP contribution in [-0.2, 0) is 0 Å². The zero-order valence-electron chi connectivity index (χ0n) is 7.25. The fraction of sp³-hybridized carbons (Fsp3) is 0.222. The lowest BCUT2D eigenvalue weighted by atomic mass is 10.4. The highest BCUT2D eigenvalue weighted by molar-refractivity contribution is 9.10. The molecule has 1 rings (SSSR count). The van der Waals surface area contributed by atoms with Gasteiger partial charge in [-0.2, -0.15) is 18.4 Å². The molecule has 0 aliphatic rings. The number of thioether (sulfide) groups is 1. The summed E-state index contributed by atoms with van der Waals surface area (Å²) in [4.78, 5) is 0.404. The van der Waals surface area contributed by atoms with E-state index in [1.54, 1.807) is 18.2 Å². The predicted octanol–water partition coefficient (Wildman–Crippen LogP) is 4.00. The van der Waals surface area contributed by atoms with Gasteiger partial charge in [0.1, 0.15) is 0 Å². The molecule has 0 heterocycles. The van der Waals surface area contributed by atoms with E-state index in [2.05, 4.69) is 15.9 Å². The number of hydrogen-bond acceptors (Lipinski definition) is 2. The molecule has 0 N–H and O–H groups in total. The van der Waals surface area contributed by atoms with E-state index >= 15 is 0 Å². The molecule has 0 aromatic heterocycles. The maximum atomic E-state index is 12.3. The monoisotopic (exact) mass is 295 g/mol. The van der Waals surface area contributed by atoms with Gasteiger partial charge in [-0.1, -0.05) is 23.9 Å². The normalized spacial score (nSPS) is 13.3. The Bertz CT molecular complexity index is 386. The second-order valence-electron chi connectivity index (χ2n) is 2.60. The van der Waals surface area contributed by atoms with Crippen LogP contribution in [0.25, 0.3) is 0 Å². The fourth-order valence-electron chi connectivity index (χ4n) is 0.834. The highest BCUT2D eigenvalue weighted by Gasteiger charge is 2.40. The number of benzene rings is 1. The van der Waals surface area contributed by atoms with Gasteiger partial charge in [0.05, 0.1) is 6.07 Å². The lowest BCUT2D eigenvalue weighted by Crippen LogP contribution is -2.23. The van der Waals surface area contributed by atoms with E-state index in [0.717, 1.165) is 0 Å². The van der Waals surface area contributed by atoms with Crippen LogP contribution in [0.2, 0.25) is 0 Å². The number of alkyl halides is 3. The van der Waals surface area contributed by atoms with Crippen LogP contribution in [0.15, 0.2) is 33.6 Å². The van der Waals surface area contributed by atoms with Crippen molar-refractivity contribution in [2.24, 2.45) is 0 Å². The molecule has 0 bridgehead atoms. The summed E-state index contributed by atoms with van der Waals surface area (Å²) in [5.41, 5.74) is 0. The summed E-state index contributed by atoms with van der Waals surface area (Å²) >= 11 is 3.61. The van der Waals surface area contributed by atoms with E-state index < -0.39 is 11.4 Å². The van der Waals surface area contributed by atoms with E-state index in [4.69, 9.17) is 5.26 Å². The maximum Gasteiger partial charge on any atom is 0.413 e. The molecule has 15 heavy (non-hydrogen) atoms. The summed E-state index contributed by atoms with van der Waals surface area (Å²) in [5.74, 6) is 0. The molecule has 0 saturated carbocycles. The van der Waals surface area contributed by atoms with Crippen molar-refractivity contribution >= 4 is 27.7 Å². The summed E-state index contributed by atoms with van der Waals surface area (Å²) < 4.78 is 37.4. The number of halogens is 4. The third-order valence-electron chi connectivity index (χ3n) is 1.50. The van der Waals surface area contributed by atoms with E-state index in [1.807, 2.05) is 0 Å². The third kappa shape index (κ3) is 3.43. The molecule has 80 valence electrons. The maximum absolute atomic E-state index is 12.3. The molecule has 1 unspecified atom stereocenters. The Hall–Kier alpha value is -0.670. The molecule has 0 spiro atoms. The van der Waals surface area contributed by atoms with Crippen LogP contribution in [0.4, 0.5) is 13.2 Å². The number of nitriles is 1. The minimum absolute atomic E-state index is 0.404. The molecule has 1 atom stereocenters. The second-order valence-corrected chi connectivity index (χ2v) is 4.60. The molecule has 0 radical (unpaired) electrons. The van der Waals surface area contributed by atoms with Gasteiger partial charge in [0.15, 0.2) is 5.25 Å². The first-order valence-corrected chi connectivity index (χ1v) is 5.50. The van der Waals surface area contributed by atoms with E-state index in [0.29, 0.717) is 21.1 Å². The van der Waals surface area contributed by atoms with Crippen LogP contribution in [-0.4, -0.2) is 11.4 Å². The molecule has 0 saturated heterocycles. The summed E-state index contributed by atoms with van der Waals surface area (Å²) in [6.45, 7) is 0. The number of hydrogen-bond donors (Lipinski definition) is 0. The van der Waals surface area contributed by atoms with Gasteiger partial charge in [0, 0.05) is 9.37 Å². The van der Waals surface area contributed by atoms with Crippen molar-refractivity contribution in [3.63, 3.8) is 0 Å². The summed E-state index contributed by atoms with van der Waals surface area (Å²) in [5, 5.41) is 6.38. The van der Waals surface area contributed by atoms with Crippen molar-refractivity contribution in [1.82, 2.24) is 0 Å². The van der Waals surface area contributed by atoms with Crippen molar-refractivity contribution in [3.8, 4) is 6.07 Å². The summed E-state index contributed by atoms with van der Waals surface area (Å²) in [6, 6.07) is 7.72. The molecule has 0 fully saturated rings. The minimum atomic E-state index is -4.51. The molecular formula is C9H5BrF3NS. The molecule has 1 aromatic rings. The van der Waals surface area contributed by atoms with Gasteiger partial charge < -0.3 is 0 Å². The largest absolute Gasteiger partial charge is 0.413 e. The van der Waals surface area contributed by atoms with Crippen molar-refractivity contribution in [3.05, 3.63) is 28.7 Å². The molecule has 0 aliphatic carbocycles. The van der Waals surface area contributed by atoms with E-state index in [-0.39, 0.29) is 0 Å². The average molecular weight is 296 g/mol. The Labute approximate surface area is 97.4 Å². The second kappa shape index (κ2) is 4.90. The smallest absolute Gasteiger partial charge is 0.197 e. The van der Waals surface area contributed by atoms with Crippen LogP contribution in [0.5, 0.6) is 0 Å². The van der Waals surface area contributed by atoms with Gasteiger partial charge in [-0.3, -0.25) is 0 Å². The number of nitrogens with zero attached hydrogens (tertiary/aromatic N) is 1. The van der Waals surface area contributed by atoms with Crippen molar-refractivity contribution in [1.29, 1.82) is 5.26 Å². The quantitative estimate of drug-likeness (QED) is 0.770. The Morgan fingerprint density at radius 2 is 1.93 bits per heavy atom. The molecule has 0 aliphatic heterocycles. The first-order chi connectivity index (χ1) is 6.95. The van der Waals surface area contributed by atoms with Gasteiger partial charge in [-0.05, 0) is 28.1 Å². The van der Waals surface area contributed by atoms with Gasteiger partial charge >= 0.3 is 6.18 Å². The van der Waals surface area contributed by atoms with Gasteiger partial charge in [0.25, 0.3) is 0 Å². The predicted molar refractivity (Wildman–Crippen MR) is 55.5 cm³/mol. The van der Waals surface area contributed by atoms with Crippen molar-refractivity contribution in [2.75, 3.05) is 0 Å². The topological polar surface area (TPSA) is 23.8 Å². The Morgan fingerprint density at radius 1 is 1.33 bits per heavy atom. The molecule has 1 nitrogen and oxygen atoms in total. The molecule has 0 amide bonds. The zero-order chi connectivity index (χ0) is 11.5. The lowest BCUT2D eigenvalue weighted by molar-refractivity contribution is -0.118. The molecular weight excluding hydrogens is 291 g/mol. The Kier molecular flexibility index (Phi) is 4.05. The standard InChI is InChI=1S/C9H5BrF3NS/c10-6-3-1-2-4-7(6)15-8(5-14)9(11,12)13/h1-4,8H. The number of rotatable bonds is 2. The van der Waals surface area contributed by atoms with Crippen LogP contribution in [0, 0.1) is 11.3 Å². The van der Waals surface area contributed by atoms with Crippen molar-refractivity contribution < 1.29 is 13.2 Å². The van der Waals surface area contributed by atoms with Gasteiger partial charge in [0.2, 0.25) is 0 Å². The summed E-state index contributed by atoms with van der Waals surface area (Å²) in [6.07, 6.45) is -4.51. The van der Waals surface area contributed by atoms with Gasteiger partial charge in [-0.15, -0.1) is 0 Å². The zero-order valence-corrected chi connectivity index (χ0v) is 9.66. The van der Waals surface area contributed by atoms with Crippen molar-refractivity contribution in [2.45, 2.75) is 16.3 Å². The van der Waals surface area contributed by atoms with Crippen LogP contribution >= 0.6 is 27.7 Å². The first-order valence-electron chi connectivity index (χ1n) is 3.82. The van der Waals surface area contributed by atoms with E-state index in [1.165, 1.54) is 12.1 Å². The summed E-state index contributed by atoms with van der Waals surface area (Å²) in [7, 11) is 0. The molecule has 6 heteroatoms. The lowest BCUT2D eigenvalue weighted by Gasteiger charge is -2.13. The van der Waals surface area contributed by atoms with Gasteiger partial charge in [-0.25, -0.2) is 0 Å². The average Bonchev–Trinajstić information content (AvgIpc) is 2.14.